The van der Waals surface area contributed by atoms with Crippen molar-refractivity contribution in [3.05, 3.63) is 64.7 Å². The van der Waals surface area contributed by atoms with Gasteiger partial charge in [0.1, 0.15) is 12.4 Å². The summed E-state index contributed by atoms with van der Waals surface area (Å²) in [5.41, 5.74) is 5.66. The lowest BCUT2D eigenvalue weighted by atomic mass is 9.99. The third-order valence-corrected chi connectivity index (χ3v) is 4.59. The average molecular weight is 294 g/mol. The summed E-state index contributed by atoms with van der Waals surface area (Å²) < 4.78 is 5.76. The molecule has 2 aromatic rings. The number of hydrogen-bond donors (Lipinski definition) is 1. The highest BCUT2D eigenvalue weighted by Crippen LogP contribution is 2.24. The van der Waals surface area contributed by atoms with Crippen molar-refractivity contribution >= 4 is 0 Å². The summed E-state index contributed by atoms with van der Waals surface area (Å²) in [6, 6.07) is 15.5. The number of rotatable bonds is 2. The van der Waals surface area contributed by atoms with Crippen molar-refractivity contribution < 1.29 is 4.74 Å². The highest BCUT2D eigenvalue weighted by Gasteiger charge is 2.16. The van der Waals surface area contributed by atoms with Gasteiger partial charge in [0.05, 0.1) is 0 Å². The summed E-state index contributed by atoms with van der Waals surface area (Å²) in [6.07, 6.45) is 1.16. The maximum absolute atomic E-state index is 5.76. The van der Waals surface area contributed by atoms with Gasteiger partial charge in [0.15, 0.2) is 0 Å². The minimum Gasteiger partial charge on any atom is -0.492 e. The van der Waals surface area contributed by atoms with Gasteiger partial charge in [-0.15, -0.1) is 0 Å². The minimum absolute atomic E-state index is 0.759. The van der Waals surface area contributed by atoms with Gasteiger partial charge in [0.25, 0.3) is 0 Å². The number of nitrogens with one attached hydrogen (secondary N) is 1. The second-order valence-corrected chi connectivity index (χ2v) is 6.20. The Morgan fingerprint density at radius 1 is 1.05 bits per heavy atom. The van der Waals surface area contributed by atoms with E-state index in [0.717, 1.165) is 51.5 Å². The number of hydrogen-bond acceptors (Lipinski definition) is 3. The Hall–Kier alpha value is -1.84. The highest BCUT2D eigenvalue weighted by molar-refractivity contribution is 5.38. The van der Waals surface area contributed by atoms with Gasteiger partial charge in [-0.25, -0.2) is 0 Å². The predicted molar refractivity (Wildman–Crippen MR) is 87.9 cm³/mol. The third-order valence-electron chi connectivity index (χ3n) is 4.59. The van der Waals surface area contributed by atoms with Crippen LogP contribution in [-0.4, -0.2) is 24.6 Å². The molecule has 0 atom stereocenters. The van der Waals surface area contributed by atoms with E-state index in [0.29, 0.717) is 0 Å². The summed E-state index contributed by atoms with van der Waals surface area (Å²) in [7, 11) is 0. The molecule has 3 heteroatoms. The molecule has 2 aliphatic heterocycles. The van der Waals surface area contributed by atoms with Gasteiger partial charge < -0.3 is 10.1 Å². The van der Waals surface area contributed by atoms with Crippen molar-refractivity contribution in [3.8, 4) is 5.75 Å². The Labute approximate surface area is 131 Å². The van der Waals surface area contributed by atoms with E-state index in [-0.39, 0.29) is 0 Å². The molecule has 2 aliphatic rings. The predicted octanol–water partition coefficient (Wildman–Crippen LogP) is 2.73. The van der Waals surface area contributed by atoms with Crippen LogP contribution in [0, 0.1) is 0 Å². The fourth-order valence-corrected chi connectivity index (χ4v) is 3.41. The summed E-state index contributed by atoms with van der Waals surface area (Å²) >= 11 is 0. The Bertz CT molecular complexity index is 668. The molecule has 0 aliphatic carbocycles. The lowest BCUT2D eigenvalue weighted by molar-refractivity contribution is 0.245. The molecule has 0 radical (unpaired) electrons. The standard InChI is InChI=1S/C19H22N2O/c1-2-4-17-14-21(9-7-16(17)3-1)13-15-5-6-19-18(11-15)12-20-8-10-22-19/h1-6,11,20H,7-10,12-14H2. The lowest BCUT2D eigenvalue weighted by Crippen LogP contribution is -2.30. The van der Waals surface area contributed by atoms with Crippen molar-refractivity contribution in [1.29, 1.82) is 0 Å². The average Bonchev–Trinajstić information content (AvgIpc) is 2.80. The van der Waals surface area contributed by atoms with Crippen LogP contribution in [-0.2, 0) is 26.1 Å². The zero-order valence-corrected chi connectivity index (χ0v) is 12.8. The zero-order chi connectivity index (χ0) is 14.8. The van der Waals surface area contributed by atoms with Crippen LogP contribution in [0.2, 0.25) is 0 Å². The van der Waals surface area contributed by atoms with Crippen LogP contribution >= 0.6 is 0 Å². The van der Waals surface area contributed by atoms with Crippen LogP contribution in [0.25, 0.3) is 0 Å². The third kappa shape index (κ3) is 2.87. The second-order valence-electron chi connectivity index (χ2n) is 6.20. The van der Waals surface area contributed by atoms with Crippen LogP contribution in [0.3, 0.4) is 0 Å². The molecule has 0 aromatic heterocycles. The van der Waals surface area contributed by atoms with Crippen LogP contribution in [0.5, 0.6) is 5.75 Å². The lowest BCUT2D eigenvalue weighted by Gasteiger charge is -2.29. The molecule has 0 bridgehead atoms. The summed E-state index contributed by atoms with van der Waals surface area (Å²) in [6.45, 7) is 5.81. The molecule has 0 unspecified atom stereocenters. The molecule has 3 nitrogen and oxygen atoms in total. The minimum atomic E-state index is 0.759. The molecule has 0 fully saturated rings. The van der Waals surface area contributed by atoms with E-state index in [1.165, 1.54) is 22.3 Å². The quantitative estimate of drug-likeness (QED) is 0.922. The monoisotopic (exact) mass is 294 g/mol. The molecule has 2 heterocycles. The number of benzene rings is 2. The maximum Gasteiger partial charge on any atom is 0.123 e. The van der Waals surface area contributed by atoms with Gasteiger partial charge in [0, 0.05) is 38.3 Å². The van der Waals surface area contributed by atoms with Crippen molar-refractivity contribution in [2.45, 2.75) is 26.1 Å². The Morgan fingerprint density at radius 2 is 1.95 bits per heavy atom. The molecule has 4 rings (SSSR count). The van der Waals surface area contributed by atoms with Crippen molar-refractivity contribution in [2.24, 2.45) is 0 Å². The van der Waals surface area contributed by atoms with E-state index in [1.807, 2.05) is 0 Å². The smallest absolute Gasteiger partial charge is 0.123 e. The van der Waals surface area contributed by atoms with E-state index in [4.69, 9.17) is 4.74 Å². The van der Waals surface area contributed by atoms with E-state index >= 15 is 0 Å². The first-order chi connectivity index (χ1) is 10.9. The molecule has 0 saturated carbocycles. The summed E-state index contributed by atoms with van der Waals surface area (Å²) in [4.78, 5) is 2.54. The highest BCUT2D eigenvalue weighted by atomic mass is 16.5. The van der Waals surface area contributed by atoms with E-state index in [9.17, 15) is 0 Å². The second kappa shape index (κ2) is 6.11. The van der Waals surface area contributed by atoms with Crippen LogP contribution in [0.1, 0.15) is 22.3 Å². The fourth-order valence-electron chi connectivity index (χ4n) is 3.41. The van der Waals surface area contributed by atoms with Gasteiger partial charge >= 0.3 is 0 Å². The molecule has 0 saturated heterocycles. The van der Waals surface area contributed by atoms with Crippen LogP contribution < -0.4 is 10.1 Å². The van der Waals surface area contributed by atoms with E-state index in [2.05, 4.69) is 52.7 Å². The van der Waals surface area contributed by atoms with Gasteiger partial charge in [-0.1, -0.05) is 30.3 Å². The zero-order valence-electron chi connectivity index (χ0n) is 12.8. The van der Waals surface area contributed by atoms with Crippen LogP contribution in [0.4, 0.5) is 0 Å². The first-order valence-corrected chi connectivity index (χ1v) is 8.13. The fraction of sp³-hybridized carbons (Fsp3) is 0.368. The van der Waals surface area contributed by atoms with E-state index in [1.54, 1.807) is 0 Å². The van der Waals surface area contributed by atoms with Gasteiger partial charge in [-0.05, 0) is 35.2 Å². The Balaban J connectivity index is 1.49. The first kappa shape index (κ1) is 13.8. The van der Waals surface area contributed by atoms with Crippen molar-refractivity contribution in [2.75, 3.05) is 19.7 Å². The summed E-state index contributed by atoms with van der Waals surface area (Å²) in [5.74, 6) is 1.04. The largest absolute Gasteiger partial charge is 0.492 e. The molecule has 0 amide bonds. The van der Waals surface area contributed by atoms with E-state index < -0.39 is 0 Å². The molecular formula is C19H22N2O. The van der Waals surface area contributed by atoms with Gasteiger partial charge in [-0.2, -0.15) is 0 Å². The Kier molecular flexibility index (Phi) is 3.83. The molecular weight excluding hydrogens is 272 g/mol. The van der Waals surface area contributed by atoms with Gasteiger partial charge in [-0.3, -0.25) is 4.90 Å². The number of nitrogens with zero attached hydrogens (tertiary/aromatic N) is 1. The number of ether oxygens (including phenoxy) is 1. The molecule has 1 N–H and O–H groups in total. The summed E-state index contributed by atoms with van der Waals surface area (Å²) in [5, 5.41) is 3.41. The topological polar surface area (TPSA) is 24.5 Å². The maximum atomic E-state index is 5.76. The molecule has 22 heavy (non-hydrogen) atoms. The number of fused-ring (bicyclic) bond motifs is 2. The molecule has 2 aromatic carbocycles. The Morgan fingerprint density at radius 3 is 2.91 bits per heavy atom. The SMILES string of the molecule is c1ccc2c(c1)CCN(Cc1ccc3c(c1)CNCCO3)C2. The van der Waals surface area contributed by atoms with Crippen molar-refractivity contribution in [1.82, 2.24) is 10.2 Å². The molecule has 114 valence electrons. The van der Waals surface area contributed by atoms with Gasteiger partial charge in [0.2, 0.25) is 0 Å². The van der Waals surface area contributed by atoms with Crippen LogP contribution in [0.15, 0.2) is 42.5 Å². The molecule has 0 spiro atoms. The van der Waals surface area contributed by atoms with Crippen molar-refractivity contribution in [3.63, 3.8) is 0 Å². The normalized spacial score (nSPS) is 18.0. The first-order valence-electron chi connectivity index (χ1n) is 8.13.